The van der Waals surface area contributed by atoms with Gasteiger partial charge in [0, 0.05) is 32.7 Å². The predicted molar refractivity (Wildman–Crippen MR) is 88.9 cm³/mol. The van der Waals surface area contributed by atoms with Crippen LogP contribution in [0.15, 0.2) is 46.5 Å². The first-order chi connectivity index (χ1) is 11.6. The maximum absolute atomic E-state index is 12.3. The van der Waals surface area contributed by atoms with Crippen LogP contribution in [0.5, 0.6) is 0 Å². The van der Waals surface area contributed by atoms with Crippen LogP contribution >= 0.6 is 0 Å². The molecule has 120 valence electrons. The van der Waals surface area contributed by atoms with Crippen molar-refractivity contribution in [3.05, 3.63) is 63.3 Å². The molecule has 0 fully saturated rings. The fourth-order valence-electron chi connectivity index (χ4n) is 2.90. The molecule has 24 heavy (non-hydrogen) atoms. The number of aryl methyl sites for hydroxylation is 1. The summed E-state index contributed by atoms with van der Waals surface area (Å²) in [6.07, 6.45) is 6.61. The molecule has 0 saturated carbocycles. The van der Waals surface area contributed by atoms with Gasteiger partial charge in [0.05, 0.1) is 29.0 Å². The Labute approximate surface area is 135 Å². The summed E-state index contributed by atoms with van der Waals surface area (Å²) < 4.78 is 4.26. The predicted octanol–water partition coefficient (Wildman–Crippen LogP) is 0.425. The molecule has 0 aliphatic carbocycles. The van der Waals surface area contributed by atoms with Crippen LogP contribution < -0.4 is 11.2 Å². The maximum Gasteiger partial charge on any atom is 0.330 e. The number of rotatable bonds is 2. The summed E-state index contributed by atoms with van der Waals surface area (Å²) >= 11 is 0. The highest BCUT2D eigenvalue weighted by atomic mass is 16.2. The van der Waals surface area contributed by atoms with E-state index in [0.29, 0.717) is 28.5 Å². The zero-order valence-corrected chi connectivity index (χ0v) is 13.2. The summed E-state index contributed by atoms with van der Waals surface area (Å²) in [5.41, 5.74) is 1.42. The minimum atomic E-state index is -0.375. The van der Waals surface area contributed by atoms with Crippen molar-refractivity contribution in [3.63, 3.8) is 0 Å². The first kappa shape index (κ1) is 14.3. The van der Waals surface area contributed by atoms with Crippen LogP contribution in [0.4, 0.5) is 0 Å². The first-order valence-electron chi connectivity index (χ1n) is 7.37. The van der Waals surface area contributed by atoms with Gasteiger partial charge in [0.2, 0.25) is 0 Å². The quantitative estimate of drug-likeness (QED) is 0.534. The van der Waals surface area contributed by atoms with Gasteiger partial charge in [-0.1, -0.05) is 6.07 Å². The number of nitrogens with zero attached hydrogens (tertiary/aromatic N) is 6. The molecular weight excluding hydrogens is 308 g/mol. The molecule has 8 nitrogen and oxygen atoms in total. The van der Waals surface area contributed by atoms with E-state index in [-0.39, 0.29) is 11.2 Å². The average molecular weight is 322 g/mol. The third-order valence-corrected chi connectivity index (χ3v) is 4.14. The Kier molecular flexibility index (Phi) is 3.05. The minimum absolute atomic E-state index is 0.359. The third kappa shape index (κ3) is 1.96. The van der Waals surface area contributed by atoms with Gasteiger partial charge in [-0.25, -0.2) is 14.5 Å². The molecule has 0 bridgehead atoms. The fourth-order valence-corrected chi connectivity index (χ4v) is 2.90. The Morgan fingerprint density at radius 1 is 1.04 bits per heavy atom. The highest BCUT2D eigenvalue weighted by molar-refractivity contribution is 6.01. The second-order valence-electron chi connectivity index (χ2n) is 5.63. The van der Waals surface area contributed by atoms with Crippen LogP contribution in [-0.4, -0.2) is 28.9 Å². The lowest BCUT2D eigenvalue weighted by molar-refractivity contribution is 0.701. The molecule has 4 rings (SSSR count). The van der Waals surface area contributed by atoms with Gasteiger partial charge in [-0.15, -0.1) is 0 Å². The van der Waals surface area contributed by atoms with E-state index in [1.165, 1.54) is 17.8 Å². The lowest BCUT2D eigenvalue weighted by atomic mass is 10.2. The molecule has 4 aromatic heterocycles. The van der Waals surface area contributed by atoms with Crippen molar-refractivity contribution in [3.8, 4) is 0 Å². The van der Waals surface area contributed by atoms with Crippen LogP contribution in [-0.2, 0) is 20.6 Å². The van der Waals surface area contributed by atoms with Crippen molar-refractivity contribution in [2.75, 3.05) is 0 Å². The van der Waals surface area contributed by atoms with Crippen LogP contribution in [0.2, 0.25) is 0 Å². The van der Waals surface area contributed by atoms with Crippen molar-refractivity contribution >= 4 is 21.9 Å². The van der Waals surface area contributed by atoms with Crippen LogP contribution in [0, 0.1) is 0 Å². The summed E-state index contributed by atoms with van der Waals surface area (Å²) in [4.78, 5) is 33.0. The van der Waals surface area contributed by atoms with E-state index in [1.807, 2.05) is 12.1 Å². The van der Waals surface area contributed by atoms with Gasteiger partial charge in [0.15, 0.2) is 5.65 Å². The molecule has 0 radical (unpaired) electrons. The fraction of sp³-hybridized carbons (Fsp3) is 0.188. The standard InChI is InChI=1S/C16H14N6O2/c1-20-13-11-8-19-22(9-10-4-3-5-17-6-10)14(11)18-7-12(13)15(23)21(2)16(20)24/h3-8H,9H2,1-2H3. The Morgan fingerprint density at radius 2 is 1.88 bits per heavy atom. The number of pyridine rings is 2. The molecule has 4 aromatic rings. The van der Waals surface area contributed by atoms with E-state index < -0.39 is 0 Å². The molecule has 0 aromatic carbocycles. The van der Waals surface area contributed by atoms with Crippen LogP contribution in [0.25, 0.3) is 21.9 Å². The zero-order valence-electron chi connectivity index (χ0n) is 13.2. The molecule has 4 heterocycles. The van der Waals surface area contributed by atoms with Gasteiger partial charge in [0.1, 0.15) is 0 Å². The van der Waals surface area contributed by atoms with Crippen LogP contribution in [0.3, 0.4) is 0 Å². The Bertz CT molecular complexity index is 1190. The average Bonchev–Trinajstić information content (AvgIpc) is 3.01. The highest BCUT2D eigenvalue weighted by Gasteiger charge is 2.15. The van der Waals surface area contributed by atoms with E-state index in [4.69, 9.17) is 0 Å². The molecule has 8 heteroatoms. The van der Waals surface area contributed by atoms with E-state index in [2.05, 4.69) is 15.1 Å². The number of fused-ring (bicyclic) bond motifs is 3. The largest absolute Gasteiger partial charge is 0.330 e. The molecular formula is C16H14N6O2. The summed E-state index contributed by atoms with van der Waals surface area (Å²) in [7, 11) is 3.10. The Morgan fingerprint density at radius 3 is 2.62 bits per heavy atom. The minimum Gasteiger partial charge on any atom is -0.295 e. The normalized spacial score (nSPS) is 11.4. The number of hydrogen-bond donors (Lipinski definition) is 0. The van der Waals surface area contributed by atoms with Crippen molar-refractivity contribution in [1.29, 1.82) is 0 Å². The second kappa shape index (κ2) is 5.12. The van der Waals surface area contributed by atoms with E-state index in [9.17, 15) is 9.59 Å². The SMILES string of the molecule is Cn1c(=O)c2cnc3c(cnn3Cc3cccnc3)c2n(C)c1=O. The van der Waals surface area contributed by atoms with Gasteiger partial charge in [-0.3, -0.25) is 18.9 Å². The highest BCUT2D eigenvalue weighted by Crippen LogP contribution is 2.20. The first-order valence-corrected chi connectivity index (χ1v) is 7.37. The van der Waals surface area contributed by atoms with E-state index >= 15 is 0 Å². The van der Waals surface area contributed by atoms with Crippen molar-refractivity contribution in [2.45, 2.75) is 6.54 Å². The monoisotopic (exact) mass is 322 g/mol. The molecule has 0 atom stereocenters. The summed E-state index contributed by atoms with van der Waals surface area (Å²) in [6.45, 7) is 0.509. The molecule has 0 unspecified atom stereocenters. The van der Waals surface area contributed by atoms with Crippen molar-refractivity contribution in [2.24, 2.45) is 14.1 Å². The number of hydrogen-bond acceptors (Lipinski definition) is 5. The van der Waals surface area contributed by atoms with Crippen molar-refractivity contribution < 1.29 is 0 Å². The molecule has 0 spiro atoms. The molecule has 0 amide bonds. The zero-order chi connectivity index (χ0) is 16.8. The smallest absolute Gasteiger partial charge is 0.295 e. The Balaban J connectivity index is 2.01. The second-order valence-corrected chi connectivity index (χ2v) is 5.63. The van der Waals surface area contributed by atoms with Crippen molar-refractivity contribution in [1.82, 2.24) is 28.9 Å². The summed E-state index contributed by atoms with van der Waals surface area (Å²) in [5, 5.41) is 5.44. The third-order valence-electron chi connectivity index (χ3n) is 4.14. The lowest BCUT2D eigenvalue weighted by Gasteiger charge is -2.08. The molecule has 0 N–H and O–H groups in total. The maximum atomic E-state index is 12.3. The number of aromatic nitrogens is 6. The topological polar surface area (TPSA) is 87.6 Å². The summed E-state index contributed by atoms with van der Waals surface area (Å²) in [6, 6.07) is 3.81. The molecule has 0 aliphatic rings. The van der Waals surface area contributed by atoms with Gasteiger partial charge >= 0.3 is 5.69 Å². The van der Waals surface area contributed by atoms with Gasteiger partial charge in [-0.2, -0.15) is 5.10 Å². The van der Waals surface area contributed by atoms with Gasteiger partial charge in [0.25, 0.3) is 5.56 Å². The summed E-state index contributed by atoms with van der Waals surface area (Å²) in [5.74, 6) is 0. The lowest BCUT2D eigenvalue weighted by Crippen LogP contribution is -2.37. The van der Waals surface area contributed by atoms with Gasteiger partial charge in [-0.05, 0) is 11.6 Å². The van der Waals surface area contributed by atoms with Gasteiger partial charge < -0.3 is 0 Å². The van der Waals surface area contributed by atoms with Crippen LogP contribution in [0.1, 0.15) is 5.56 Å². The molecule has 0 aliphatic heterocycles. The van der Waals surface area contributed by atoms with E-state index in [1.54, 1.807) is 30.3 Å². The Hall–Kier alpha value is -3.29. The molecule has 0 saturated heterocycles. The van der Waals surface area contributed by atoms with E-state index in [0.717, 1.165) is 10.1 Å².